The Kier molecular flexibility index (Phi) is 5.30. The van der Waals surface area contributed by atoms with E-state index in [1.165, 1.54) is 32.1 Å². The lowest BCUT2D eigenvalue weighted by atomic mass is 9.93. The van der Waals surface area contributed by atoms with Crippen molar-refractivity contribution in [3.63, 3.8) is 0 Å². The first kappa shape index (κ1) is 15.2. The van der Waals surface area contributed by atoms with Crippen molar-refractivity contribution in [2.75, 3.05) is 0 Å². The van der Waals surface area contributed by atoms with Gasteiger partial charge in [-0.25, -0.2) is 0 Å². The van der Waals surface area contributed by atoms with Crippen LogP contribution in [0.5, 0.6) is 11.5 Å². The van der Waals surface area contributed by atoms with E-state index >= 15 is 0 Å². The van der Waals surface area contributed by atoms with Crippen molar-refractivity contribution >= 4 is 0 Å². The Morgan fingerprint density at radius 1 is 1.20 bits per heavy atom. The van der Waals surface area contributed by atoms with Gasteiger partial charge in [0.15, 0.2) is 0 Å². The molecule has 0 saturated carbocycles. The molecule has 0 fully saturated rings. The summed E-state index contributed by atoms with van der Waals surface area (Å²) in [6, 6.07) is 1.79. The van der Waals surface area contributed by atoms with Gasteiger partial charge in [-0.15, -0.1) is 0 Å². The number of phenols is 2. The van der Waals surface area contributed by atoms with E-state index in [9.17, 15) is 10.2 Å². The predicted molar refractivity (Wildman–Crippen MR) is 80.2 cm³/mol. The Labute approximate surface area is 121 Å². The van der Waals surface area contributed by atoms with E-state index in [0.29, 0.717) is 12.2 Å². The van der Waals surface area contributed by atoms with E-state index in [2.05, 4.69) is 6.92 Å². The average Bonchev–Trinajstić information content (AvgIpc) is 2.44. The maximum atomic E-state index is 10.0. The predicted octanol–water partition coefficient (Wildman–Crippen LogP) is 4.21. The van der Waals surface area contributed by atoms with E-state index < -0.39 is 0 Å². The Morgan fingerprint density at radius 3 is 2.70 bits per heavy atom. The van der Waals surface area contributed by atoms with Crippen LogP contribution in [0.15, 0.2) is 6.07 Å². The van der Waals surface area contributed by atoms with Crippen LogP contribution in [-0.2, 0) is 17.8 Å². The molecule has 2 N–H and O–H groups in total. The molecule has 1 unspecified atom stereocenters. The van der Waals surface area contributed by atoms with Crippen molar-refractivity contribution in [1.29, 1.82) is 0 Å². The molecule has 3 nitrogen and oxygen atoms in total. The average molecular weight is 278 g/mol. The van der Waals surface area contributed by atoms with E-state index in [4.69, 9.17) is 4.74 Å². The highest BCUT2D eigenvalue weighted by molar-refractivity contribution is 5.52. The molecule has 0 aliphatic carbocycles. The van der Waals surface area contributed by atoms with Gasteiger partial charge in [-0.3, -0.25) is 0 Å². The highest BCUT2D eigenvalue weighted by Crippen LogP contribution is 2.37. The molecule has 0 amide bonds. The summed E-state index contributed by atoms with van der Waals surface area (Å²) >= 11 is 0. The molecule has 0 aromatic heterocycles. The first-order chi connectivity index (χ1) is 9.63. The molecule has 0 bridgehead atoms. The zero-order valence-electron chi connectivity index (χ0n) is 12.6. The number of ether oxygens (including phenoxy) is 1. The molecule has 112 valence electrons. The summed E-state index contributed by atoms with van der Waals surface area (Å²) in [5.74, 6) is 0.381. The minimum atomic E-state index is 0.185. The van der Waals surface area contributed by atoms with Crippen molar-refractivity contribution in [2.45, 2.75) is 71.5 Å². The first-order valence-electron chi connectivity index (χ1n) is 7.78. The third-order valence-electron chi connectivity index (χ3n) is 4.26. The molecule has 20 heavy (non-hydrogen) atoms. The summed E-state index contributed by atoms with van der Waals surface area (Å²) in [6.45, 7) is 4.41. The first-order valence-corrected chi connectivity index (χ1v) is 7.78. The van der Waals surface area contributed by atoms with E-state index in [1.54, 1.807) is 13.0 Å². The van der Waals surface area contributed by atoms with E-state index in [0.717, 1.165) is 24.0 Å². The Bertz CT molecular complexity index is 454. The molecule has 3 heteroatoms. The third kappa shape index (κ3) is 3.45. The fraction of sp³-hybridized carbons (Fsp3) is 0.647. The fourth-order valence-electron chi connectivity index (χ4n) is 2.87. The standard InChI is InChI=1S/C17H26O3/c1-3-4-5-6-7-8-14-9-13-10-16(18)12(2)17(19)15(13)11-20-14/h10,14,18-19H,3-9,11H2,1-2H3. The van der Waals surface area contributed by atoms with Crippen LogP contribution >= 0.6 is 0 Å². The van der Waals surface area contributed by atoms with Crippen LogP contribution in [0, 0.1) is 6.92 Å². The van der Waals surface area contributed by atoms with Gasteiger partial charge in [-0.1, -0.05) is 39.0 Å². The number of hydrogen-bond acceptors (Lipinski definition) is 3. The van der Waals surface area contributed by atoms with Gasteiger partial charge in [0, 0.05) is 11.1 Å². The summed E-state index contributed by atoms with van der Waals surface area (Å²) < 4.78 is 5.85. The quantitative estimate of drug-likeness (QED) is 0.766. The molecule has 1 aromatic rings. The monoisotopic (exact) mass is 278 g/mol. The number of unbranched alkanes of at least 4 members (excludes halogenated alkanes) is 4. The number of fused-ring (bicyclic) bond motifs is 1. The molecule has 2 rings (SSSR count). The van der Waals surface area contributed by atoms with Crippen molar-refractivity contribution in [1.82, 2.24) is 0 Å². The largest absolute Gasteiger partial charge is 0.508 e. The van der Waals surface area contributed by atoms with Gasteiger partial charge in [-0.05, 0) is 31.4 Å². The normalized spacial score (nSPS) is 18.0. The summed E-state index contributed by atoms with van der Waals surface area (Å²) in [7, 11) is 0. The van der Waals surface area contributed by atoms with E-state index in [1.807, 2.05) is 0 Å². The smallest absolute Gasteiger partial charge is 0.127 e. The van der Waals surface area contributed by atoms with Crippen molar-refractivity contribution < 1.29 is 14.9 Å². The van der Waals surface area contributed by atoms with E-state index in [-0.39, 0.29) is 17.6 Å². The van der Waals surface area contributed by atoms with Gasteiger partial charge in [0.25, 0.3) is 0 Å². The molecule has 1 aliphatic rings. The molecular weight excluding hydrogens is 252 g/mol. The minimum Gasteiger partial charge on any atom is -0.508 e. The minimum absolute atomic E-state index is 0.185. The van der Waals surface area contributed by atoms with Crippen LogP contribution in [0.4, 0.5) is 0 Å². The Morgan fingerprint density at radius 2 is 1.95 bits per heavy atom. The maximum absolute atomic E-state index is 10.0. The summed E-state index contributed by atoms with van der Waals surface area (Å²) in [5, 5.41) is 19.9. The highest BCUT2D eigenvalue weighted by atomic mass is 16.5. The number of benzene rings is 1. The lowest BCUT2D eigenvalue weighted by Crippen LogP contribution is -2.22. The zero-order chi connectivity index (χ0) is 14.5. The molecule has 0 saturated heterocycles. The fourth-order valence-corrected chi connectivity index (χ4v) is 2.87. The van der Waals surface area contributed by atoms with Crippen LogP contribution in [-0.4, -0.2) is 16.3 Å². The molecular formula is C17H26O3. The van der Waals surface area contributed by atoms with Gasteiger partial charge >= 0.3 is 0 Å². The molecule has 0 radical (unpaired) electrons. The highest BCUT2D eigenvalue weighted by Gasteiger charge is 2.23. The number of phenolic OH excluding ortho intramolecular Hbond substituents is 2. The van der Waals surface area contributed by atoms with Crippen LogP contribution in [0.25, 0.3) is 0 Å². The van der Waals surface area contributed by atoms with Crippen molar-refractivity contribution in [3.8, 4) is 11.5 Å². The number of rotatable bonds is 6. The number of aromatic hydroxyl groups is 2. The van der Waals surface area contributed by atoms with Crippen LogP contribution in [0.2, 0.25) is 0 Å². The summed E-state index contributed by atoms with van der Waals surface area (Å²) in [6.07, 6.45) is 8.45. The lowest BCUT2D eigenvalue weighted by Gasteiger charge is -2.27. The lowest BCUT2D eigenvalue weighted by molar-refractivity contribution is 0.0203. The third-order valence-corrected chi connectivity index (χ3v) is 4.26. The van der Waals surface area contributed by atoms with Crippen LogP contribution < -0.4 is 0 Å². The maximum Gasteiger partial charge on any atom is 0.127 e. The zero-order valence-corrected chi connectivity index (χ0v) is 12.6. The van der Waals surface area contributed by atoms with Gasteiger partial charge < -0.3 is 14.9 Å². The van der Waals surface area contributed by atoms with Gasteiger partial charge in [0.05, 0.1) is 12.7 Å². The topological polar surface area (TPSA) is 49.7 Å². The van der Waals surface area contributed by atoms with Crippen LogP contribution in [0.1, 0.15) is 62.1 Å². The van der Waals surface area contributed by atoms with Crippen LogP contribution in [0.3, 0.4) is 0 Å². The second-order valence-electron chi connectivity index (χ2n) is 5.85. The second-order valence-corrected chi connectivity index (χ2v) is 5.85. The van der Waals surface area contributed by atoms with Gasteiger partial charge in [-0.2, -0.15) is 0 Å². The van der Waals surface area contributed by atoms with Gasteiger partial charge in [0.1, 0.15) is 11.5 Å². The van der Waals surface area contributed by atoms with Gasteiger partial charge in [0.2, 0.25) is 0 Å². The Balaban J connectivity index is 1.91. The molecule has 1 atom stereocenters. The SMILES string of the molecule is CCCCCCCC1Cc2cc(O)c(C)c(O)c2CO1. The molecule has 1 aliphatic heterocycles. The molecule has 1 heterocycles. The summed E-state index contributed by atoms with van der Waals surface area (Å²) in [5.41, 5.74) is 2.43. The summed E-state index contributed by atoms with van der Waals surface area (Å²) in [4.78, 5) is 0. The molecule has 0 spiro atoms. The Hall–Kier alpha value is -1.22. The van der Waals surface area contributed by atoms with Crippen molar-refractivity contribution in [2.24, 2.45) is 0 Å². The second kappa shape index (κ2) is 6.98. The van der Waals surface area contributed by atoms with Crippen molar-refractivity contribution in [3.05, 3.63) is 22.8 Å². The molecule has 1 aromatic carbocycles. The number of hydrogen-bond donors (Lipinski definition) is 2.